The number of hydrogen-bond acceptors (Lipinski definition) is 3. The minimum atomic E-state index is -0.866. The molecule has 1 aromatic rings. The number of aliphatic hydroxyl groups excluding tert-OH is 2. The van der Waals surface area contributed by atoms with Crippen molar-refractivity contribution in [3.63, 3.8) is 0 Å². The van der Waals surface area contributed by atoms with Gasteiger partial charge in [0.1, 0.15) is 11.6 Å². The molecule has 1 aliphatic rings. The molecule has 0 spiro atoms. The van der Waals surface area contributed by atoms with Crippen LogP contribution in [0.5, 0.6) is 0 Å². The molecule has 0 aliphatic carbocycles. The Kier molecular flexibility index (Phi) is 5.46. The van der Waals surface area contributed by atoms with Crippen LogP contribution in [0, 0.1) is 17.6 Å². The molecule has 1 aromatic carbocycles. The topological polar surface area (TPSA) is 43.7 Å². The van der Waals surface area contributed by atoms with Gasteiger partial charge in [-0.2, -0.15) is 0 Å². The molecule has 5 heteroatoms. The van der Waals surface area contributed by atoms with Gasteiger partial charge in [0.25, 0.3) is 0 Å². The second-order valence-electron chi connectivity index (χ2n) is 5.50. The van der Waals surface area contributed by atoms with Crippen LogP contribution in [0.25, 0.3) is 0 Å². The third-order valence-electron chi connectivity index (χ3n) is 3.85. The number of benzene rings is 1. The highest BCUT2D eigenvalue weighted by atomic mass is 19.1. The number of rotatable bonds is 5. The zero-order chi connectivity index (χ0) is 14.5. The van der Waals surface area contributed by atoms with Crippen molar-refractivity contribution in [2.24, 2.45) is 5.92 Å². The summed E-state index contributed by atoms with van der Waals surface area (Å²) >= 11 is 0. The van der Waals surface area contributed by atoms with E-state index in [4.69, 9.17) is 5.11 Å². The number of halogens is 2. The van der Waals surface area contributed by atoms with Crippen molar-refractivity contribution in [2.75, 3.05) is 26.2 Å². The summed E-state index contributed by atoms with van der Waals surface area (Å²) < 4.78 is 26.2. The van der Waals surface area contributed by atoms with E-state index in [1.807, 2.05) is 0 Å². The number of likely N-dealkylation sites (tertiary alicyclic amines) is 1. The van der Waals surface area contributed by atoms with E-state index in [1.165, 1.54) is 12.1 Å². The third kappa shape index (κ3) is 4.23. The monoisotopic (exact) mass is 285 g/mol. The maximum atomic E-state index is 13.1. The molecule has 0 amide bonds. The highest BCUT2D eigenvalue weighted by Gasteiger charge is 2.20. The van der Waals surface area contributed by atoms with Gasteiger partial charge in [0, 0.05) is 25.8 Å². The van der Waals surface area contributed by atoms with Crippen LogP contribution in [0.3, 0.4) is 0 Å². The van der Waals surface area contributed by atoms with E-state index in [0.29, 0.717) is 18.9 Å². The fraction of sp³-hybridized carbons (Fsp3) is 0.600. The first-order valence-corrected chi connectivity index (χ1v) is 7.05. The smallest absolute Gasteiger partial charge is 0.126 e. The third-order valence-corrected chi connectivity index (χ3v) is 3.85. The van der Waals surface area contributed by atoms with Crippen molar-refractivity contribution in [3.8, 4) is 0 Å². The van der Waals surface area contributed by atoms with Crippen LogP contribution < -0.4 is 0 Å². The zero-order valence-corrected chi connectivity index (χ0v) is 11.4. The normalized spacial score (nSPS) is 21.9. The van der Waals surface area contributed by atoms with Gasteiger partial charge in [-0.15, -0.1) is 0 Å². The summed E-state index contributed by atoms with van der Waals surface area (Å²) in [6.07, 6.45) is 1.64. The molecule has 0 radical (unpaired) electrons. The molecule has 2 unspecified atom stereocenters. The Balaban J connectivity index is 1.86. The molecule has 0 bridgehead atoms. The summed E-state index contributed by atoms with van der Waals surface area (Å²) in [5.74, 6) is -1.04. The zero-order valence-electron chi connectivity index (χ0n) is 11.4. The van der Waals surface area contributed by atoms with Gasteiger partial charge in [0.05, 0.1) is 6.10 Å². The summed E-state index contributed by atoms with van der Waals surface area (Å²) in [5.41, 5.74) is 0.276. The van der Waals surface area contributed by atoms with E-state index < -0.39 is 17.7 Å². The molecule has 1 saturated heterocycles. The summed E-state index contributed by atoms with van der Waals surface area (Å²) in [4.78, 5) is 2.18. The highest BCUT2D eigenvalue weighted by Crippen LogP contribution is 2.21. The number of hydrogen-bond donors (Lipinski definition) is 2. The number of nitrogens with zero attached hydrogens (tertiary/aromatic N) is 1. The predicted octanol–water partition coefficient (Wildman–Crippen LogP) is 2.09. The fourth-order valence-corrected chi connectivity index (χ4v) is 2.74. The van der Waals surface area contributed by atoms with Crippen molar-refractivity contribution in [1.82, 2.24) is 4.90 Å². The lowest BCUT2D eigenvalue weighted by Crippen LogP contribution is -2.37. The van der Waals surface area contributed by atoms with Crippen LogP contribution in [0.15, 0.2) is 18.2 Å². The molecule has 0 saturated carbocycles. The molecule has 20 heavy (non-hydrogen) atoms. The molecule has 1 fully saturated rings. The Hall–Kier alpha value is -1.04. The molecule has 0 aromatic heterocycles. The quantitative estimate of drug-likeness (QED) is 0.870. The highest BCUT2D eigenvalue weighted by molar-refractivity contribution is 5.20. The summed E-state index contributed by atoms with van der Waals surface area (Å²) in [6, 6.07) is 3.13. The maximum absolute atomic E-state index is 13.1. The Morgan fingerprint density at radius 3 is 2.60 bits per heavy atom. The number of aliphatic hydroxyl groups is 2. The van der Waals surface area contributed by atoms with E-state index in [1.54, 1.807) is 0 Å². The van der Waals surface area contributed by atoms with Crippen LogP contribution in [0.1, 0.15) is 30.9 Å². The first kappa shape index (κ1) is 15.4. The van der Waals surface area contributed by atoms with Gasteiger partial charge in [-0.05, 0) is 49.4 Å². The molecular formula is C15H21F2NO2. The minimum absolute atomic E-state index is 0.189. The van der Waals surface area contributed by atoms with E-state index in [2.05, 4.69) is 4.90 Å². The van der Waals surface area contributed by atoms with Gasteiger partial charge in [-0.3, -0.25) is 0 Å². The number of piperidine rings is 1. The van der Waals surface area contributed by atoms with Gasteiger partial charge >= 0.3 is 0 Å². The van der Waals surface area contributed by atoms with Crippen LogP contribution >= 0.6 is 0 Å². The second-order valence-corrected chi connectivity index (χ2v) is 5.50. The van der Waals surface area contributed by atoms with Crippen molar-refractivity contribution in [3.05, 3.63) is 35.4 Å². The maximum Gasteiger partial charge on any atom is 0.126 e. The lowest BCUT2D eigenvalue weighted by molar-refractivity contribution is 0.0960. The average molecular weight is 285 g/mol. The van der Waals surface area contributed by atoms with Gasteiger partial charge in [-0.25, -0.2) is 8.78 Å². The standard InChI is InChI=1S/C15H21F2NO2/c16-13-6-12(7-14(17)8-13)15(20)3-5-18-4-1-2-11(9-18)10-19/h6-8,11,15,19-20H,1-5,9-10H2. The van der Waals surface area contributed by atoms with E-state index in [-0.39, 0.29) is 12.2 Å². The second kappa shape index (κ2) is 7.11. The summed E-state index contributed by atoms with van der Waals surface area (Å²) in [7, 11) is 0. The lowest BCUT2D eigenvalue weighted by atomic mass is 9.98. The van der Waals surface area contributed by atoms with Crippen molar-refractivity contribution in [1.29, 1.82) is 0 Å². The van der Waals surface area contributed by atoms with Crippen LogP contribution in [-0.4, -0.2) is 41.4 Å². The Morgan fingerprint density at radius 1 is 1.25 bits per heavy atom. The fourth-order valence-electron chi connectivity index (χ4n) is 2.74. The average Bonchev–Trinajstić information content (AvgIpc) is 2.44. The van der Waals surface area contributed by atoms with Gasteiger partial charge in [-0.1, -0.05) is 0 Å². The first-order chi connectivity index (χ1) is 9.58. The Morgan fingerprint density at radius 2 is 1.95 bits per heavy atom. The molecule has 112 valence electrons. The SMILES string of the molecule is OCC1CCCN(CCC(O)c2cc(F)cc(F)c2)C1. The van der Waals surface area contributed by atoms with E-state index >= 15 is 0 Å². The van der Waals surface area contributed by atoms with Crippen LogP contribution in [0.2, 0.25) is 0 Å². The van der Waals surface area contributed by atoms with Crippen molar-refractivity contribution in [2.45, 2.75) is 25.4 Å². The van der Waals surface area contributed by atoms with Gasteiger partial charge < -0.3 is 15.1 Å². The lowest BCUT2D eigenvalue weighted by Gasteiger charge is -2.32. The molecule has 2 N–H and O–H groups in total. The summed E-state index contributed by atoms with van der Waals surface area (Å²) in [6.45, 7) is 2.62. The largest absolute Gasteiger partial charge is 0.396 e. The van der Waals surface area contributed by atoms with Crippen molar-refractivity contribution < 1.29 is 19.0 Å². The molecule has 2 atom stereocenters. The summed E-state index contributed by atoms with van der Waals surface area (Å²) in [5, 5.41) is 19.2. The molecule has 2 rings (SSSR count). The Labute approximate surface area is 117 Å². The van der Waals surface area contributed by atoms with Gasteiger partial charge in [0.2, 0.25) is 0 Å². The van der Waals surface area contributed by atoms with E-state index in [9.17, 15) is 13.9 Å². The first-order valence-electron chi connectivity index (χ1n) is 7.05. The Bertz CT molecular complexity index is 422. The van der Waals surface area contributed by atoms with E-state index in [0.717, 1.165) is 32.0 Å². The molecule has 1 aliphatic heterocycles. The van der Waals surface area contributed by atoms with Gasteiger partial charge in [0.15, 0.2) is 0 Å². The van der Waals surface area contributed by atoms with Crippen LogP contribution in [-0.2, 0) is 0 Å². The minimum Gasteiger partial charge on any atom is -0.396 e. The molecule has 3 nitrogen and oxygen atoms in total. The molecular weight excluding hydrogens is 264 g/mol. The molecule has 1 heterocycles. The van der Waals surface area contributed by atoms with Crippen molar-refractivity contribution >= 4 is 0 Å². The van der Waals surface area contributed by atoms with Crippen LogP contribution in [0.4, 0.5) is 8.78 Å². The predicted molar refractivity (Wildman–Crippen MR) is 72.2 cm³/mol.